The fourth-order valence-corrected chi connectivity index (χ4v) is 4.28. The maximum absolute atomic E-state index is 13.1. The molecule has 1 atom stereocenters. The Morgan fingerprint density at radius 2 is 1.90 bits per heavy atom. The standard InChI is InChI=1S/C24H27N3O2/c1-3-17-8-10-18(11-9-17)24-23-20(19-6-4-5-7-21(19)26-23)13-15-27(24)22(29)12-14-25-16(2)28/h4-11,24,26H,3,12-15H2,1-2H3,(H,25,28)/t24-/m1/s1. The van der Waals surface area contributed by atoms with Crippen LogP contribution in [0.5, 0.6) is 0 Å². The Kier molecular flexibility index (Phi) is 5.38. The lowest BCUT2D eigenvalue weighted by molar-refractivity contribution is -0.133. The first-order valence-electron chi connectivity index (χ1n) is 10.3. The van der Waals surface area contributed by atoms with Gasteiger partial charge >= 0.3 is 0 Å². The minimum Gasteiger partial charge on any atom is -0.356 e. The van der Waals surface area contributed by atoms with Crippen molar-refractivity contribution in [1.29, 1.82) is 0 Å². The Balaban J connectivity index is 1.72. The van der Waals surface area contributed by atoms with Gasteiger partial charge in [-0.25, -0.2) is 0 Å². The average Bonchev–Trinajstić information content (AvgIpc) is 3.11. The fraction of sp³-hybridized carbons (Fsp3) is 0.333. The Bertz CT molecular complexity index is 1040. The van der Waals surface area contributed by atoms with Crippen molar-refractivity contribution in [1.82, 2.24) is 15.2 Å². The zero-order chi connectivity index (χ0) is 20.4. The quantitative estimate of drug-likeness (QED) is 0.698. The highest BCUT2D eigenvalue weighted by Crippen LogP contribution is 2.38. The van der Waals surface area contributed by atoms with Gasteiger partial charge in [-0.05, 0) is 35.6 Å². The molecule has 2 amide bonds. The monoisotopic (exact) mass is 389 g/mol. The second-order valence-electron chi connectivity index (χ2n) is 7.63. The van der Waals surface area contributed by atoms with E-state index in [2.05, 4.69) is 59.7 Å². The Morgan fingerprint density at radius 1 is 1.14 bits per heavy atom. The summed E-state index contributed by atoms with van der Waals surface area (Å²) in [5.74, 6) is -0.0475. The molecule has 150 valence electrons. The van der Waals surface area contributed by atoms with E-state index in [0.717, 1.165) is 29.6 Å². The van der Waals surface area contributed by atoms with Gasteiger partial charge in [0.1, 0.15) is 0 Å². The minimum atomic E-state index is -0.137. The largest absolute Gasteiger partial charge is 0.356 e. The number of carbonyl (C=O) groups is 2. The van der Waals surface area contributed by atoms with Crippen molar-refractivity contribution in [2.24, 2.45) is 0 Å². The summed E-state index contributed by atoms with van der Waals surface area (Å²) < 4.78 is 0. The third kappa shape index (κ3) is 3.77. The predicted molar refractivity (Wildman–Crippen MR) is 115 cm³/mol. The van der Waals surface area contributed by atoms with Crippen LogP contribution in [0.1, 0.15) is 48.7 Å². The highest BCUT2D eigenvalue weighted by Gasteiger charge is 2.34. The first-order chi connectivity index (χ1) is 14.1. The summed E-state index contributed by atoms with van der Waals surface area (Å²) >= 11 is 0. The molecule has 1 aliphatic rings. The van der Waals surface area contributed by atoms with Crippen molar-refractivity contribution >= 4 is 22.7 Å². The smallest absolute Gasteiger partial charge is 0.225 e. The van der Waals surface area contributed by atoms with Gasteiger partial charge < -0.3 is 15.2 Å². The zero-order valence-electron chi connectivity index (χ0n) is 17.0. The van der Waals surface area contributed by atoms with Gasteiger partial charge in [0.2, 0.25) is 11.8 Å². The van der Waals surface area contributed by atoms with E-state index >= 15 is 0 Å². The maximum Gasteiger partial charge on any atom is 0.225 e. The van der Waals surface area contributed by atoms with E-state index in [9.17, 15) is 9.59 Å². The summed E-state index contributed by atoms with van der Waals surface area (Å²) in [4.78, 5) is 29.8. The van der Waals surface area contributed by atoms with Crippen molar-refractivity contribution in [2.75, 3.05) is 13.1 Å². The molecule has 2 N–H and O–H groups in total. The average molecular weight is 389 g/mol. The topological polar surface area (TPSA) is 65.2 Å². The molecule has 4 rings (SSSR count). The molecule has 5 heteroatoms. The molecular weight excluding hydrogens is 362 g/mol. The Labute approximate surface area is 171 Å². The summed E-state index contributed by atoms with van der Waals surface area (Å²) in [6.45, 7) is 4.66. The molecule has 0 saturated carbocycles. The van der Waals surface area contributed by atoms with Crippen LogP contribution in [0.4, 0.5) is 0 Å². The molecule has 2 heterocycles. The van der Waals surface area contributed by atoms with Gasteiger partial charge in [0.25, 0.3) is 0 Å². The maximum atomic E-state index is 13.1. The molecular formula is C24H27N3O2. The fourth-order valence-electron chi connectivity index (χ4n) is 4.28. The first-order valence-corrected chi connectivity index (χ1v) is 10.3. The molecule has 2 aromatic carbocycles. The van der Waals surface area contributed by atoms with Crippen LogP contribution < -0.4 is 5.32 Å². The number of benzene rings is 2. The van der Waals surface area contributed by atoms with E-state index < -0.39 is 0 Å². The van der Waals surface area contributed by atoms with Crippen molar-refractivity contribution in [3.05, 3.63) is 70.9 Å². The second-order valence-corrected chi connectivity index (χ2v) is 7.63. The summed E-state index contributed by atoms with van der Waals surface area (Å²) in [6, 6.07) is 16.8. The first kappa shape index (κ1) is 19.2. The van der Waals surface area contributed by atoms with Gasteiger partial charge in [-0.1, -0.05) is 49.4 Å². The Morgan fingerprint density at radius 3 is 2.62 bits per heavy atom. The van der Waals surface area contributed by atoms with Crippen LogP contribution in [-0.4, -0.2) is 34.8 Å². The molecule has 1 aliphatic heterocycles. The van der Waals surface area contributed by atoms with Crippen LogP contribution >= 0.6 is 0 Å². The van der Waals surface area contributed by atoms with Gasteiger partial charge in [-0.2, -0.15) is 0 Å². The number of aromatic nitrogens is 1. The number of aryl methyl sites for hydroxylation is 1. The number of fused-ring (bicyclic) bond motifs is 3. The minimum absolute atomic E-state index is 0.0626. The number of nitrogens with zero attached hydrogens (tertiary/aromatic N) is 1. The van der Waals surface area contributed by atoms with Crippen LogP contribution in [0.2, 0.25) is 0 Å². The van der Waals surface area contributed by atoms with Crippen LogP contribution in [-0.2, 0) is 22.4 Å². The van der Waals surface area contributed by atoms with Gasteiger partial charge in [0.15, 0.2) is 0 Å². The van der Waals surface area contributed by atoms with Gasteiger partial charge in [0, 0.05) is 43.0 Å². The SMILES string of the molecule is CCc1ccc([C@@H]2c3[nH]c4ccccc4c3CCN2C(=O)CCNC(C)=O)cc1. The molecule has 0 radical (unpaired) electrons. The molecule has 3 aromatic rings. The van der Waals surface area contributed by atoms with Crippen LogP contribution in [0, 0.1) is 0 Å². The lowest BCUT2D eigenvalue weighted by Crippen LogP contribution is -2.41. The van der Waals surface area contributed by atoms with E-state index in [1.165, 1.54) is 23.4 Å². The number of aromatic amines is 1. The van der Waals surface area contributed by atoms with E-state index in [4.69, 9.17) is 0 Å². The highest BCUT2D eigenvalue weighted by molar-refractivity contribution is 5.86. The molecule has 0 unspecified atom stereocenters. The summed E-state index contributed by atoms with van der Waals surface area (Å²) in [5.41, 5.74) is 5.92. The molecule has 0 fully saturated rings. The number of rotatable bonds is 5. The van der Waals surface area contributed by atoms with E-state index in [-0.39, 0.29) is 17.9 Å². The Hall–Kier alpha value is -3.08. The van der Waals surface area contributed by atoms with Crippen molar-refractivity contribution in [2.45, 2.75) is 39.2 Å². The summed E-state index contributed by atoms with van der Waals surface area (Å²) in [6.07, 6.45) is 2.12. The van der Waals surface area contributed by atoms with Crippen molar-refractivity contribution in [3.63, 3.8) is 0 Å². The molecule has 0 saturated heterocycles. The number of para-hydroxylation sites is 1. The third-order valence-electron chi connectivity index (χ3n) is 5.77. The normalized spacial score (nSPS) is 15.9. The predicted octanol–water partition coefficient (Wildman–Crippen LogP) is 3.73. The van der Waals surface area contributed by atoms with Gasteiger partial charge in [-0.15, -0.1) is 0 Å². The van der Waals surface area contributed by atoms with Crippen molar-refractivity contribution in [3.8, 4) is 0 Å². The van der Waals surface area contributed by atoms with Crippen LogP contribution in [0.15, 0.2) is 48.5 Å². The van der Waals surface area contributed by atoms with Gasteiger partial charge in [0.05, 0.1) is 6.04 Å². The number of hydrogen-bond donors (Lipinski definition) is 2. The van der Waals surface area contributed by atoms with Crippen LogP contribution in [0.3, 0.4) is 0 Å². The second kappa shape index (κ2) is 8.11. The lowest BCUT2D eigenvalue weighted by atomic mass is 9.91. The van der Waals surface area contributed by atoms with E-state index in [1.807, 2.05) is 11.0 Å². The summed E-state index contributed by atoms with van der Waals surface area (Å²) in [5, 5.41) is 3.97. The number of nitrogens with one attached hydrogen (secondary N) is 2. The van der Waals surface area contributed by atoms with Crippen molar-refractivity contribution < 1.29 is 9.59 Å². The molecule has 5 nitrogen and oxygen atoms in total. The van der Waals surface area contributed by atoms with E-state index in [1.54, 1.807) is 0 Å². The van der Waals surface area contributed by atoms with E-state index in [0.29, 0.717) is 19.5 Å². The van der Waals surface area contributed by atoms with Gasteiger partial charge in [-0.3, -0.25) is 9.59 Å². The molecule has 29 heavy (non-hydrogen) atoms. The molecule has 0 bridgehead atoms. The third-order valence-corrected chi connectivity index (χ3v) is 5.77. The summed E-state index contributed by atoms with van der Waals surface area (Å²) in [7, 11) is 0. The number of H-pyrrole nitrogens is 1. The zero-order valence-corrected chi connectivity index (χ0v) is 17.0. The lowest BCUT2D eigenvalue weighted by Gasteiger charge is -2.36. The molecule has 1 aromatic heterocycles. The number of amides is 2. The molecule has 0 spiro atoms. The number of hydrogen-bond acceptors (Lipinski definition) is 2. The number of carbonyl (C=O) groups excluding carboxylic acids is 2. The van der Waals surface area contributed by atoms with Crippen LogP contribution in [0.25, 0.3) is 10.9 Å². The highest BCUT2D eigenvalue weighted by atomic mass is 16.2. The molecule has 0 aliphatic carbocycles.